The standard InChI is InChI=1S/C10H9ClN2O/c1-14-8-5-7-3-2-4-12-9(7)10(11)13-6-8/h2-4,6H,5H2,1H3. The number of nitrogens with zero attached hydrogens (tertiary/aromatic N) is 2. The Kier molecular flexibility index (Phi) is 2.50. The highest BCUT2D eigenvalue weighted by molar-refractivity contribution is 6.69. The topological polar surface area (TPSA) is 34.5 Å². The number of pyridine rings is 1. The van der Waals surface area contributed by atoms with E-state index in [1.54, 1.807) is 19.5 Å². The third kappa shape index (κ3) is 1.63. The van der Waals surface area contributed by atoms with Crippen molar-refractivity contribution >= 4 is 16.8 Å². The summed E-state index contributed by atoms with van der Waals surface area (Å²) in [6, 6.07) is 3.85. The molecule has 2 rings (SSSR count). The third-order valence-corrected chi connectivity index (χ3v) is 2.31. The van der Waals surface area contributed by atoms with E-state index in [-0.39, 0.29) is 0 Å². The average Bonchev–Trinajstić information content (AvgIpc) is 2.39. The molecule has 0 N–H and O–H groups in total. The number of hydrogen-bond acceptors (Lipinski definition) is 3. The largest absolute Gasteiger partial charge is 0.499 e. The SMILES string of the molecule is COC1=CN=C(Cl)c2ncccc2C1. The maximum absolute atomic E-state index is 5.96. The molecule has 0 fully saturated rings. The first-order valence-corrected chi connectivity index (χ1v) is 4.59. The van der Waals surface area contributed by atoms with Crippen LogP contribution in [0.25, 0.3) is 0 Å². The smallest absolute Gasteiger partial charge is 0.155 e. The van der Waals surface area contributed by atoms with E-state index in [1.165, 1.54) is 0 Å². The molecule has 0 saturated heterocycles. The highest BCUT2D eigenvalue weighted by Gasteiger charge is 2.13. The first-order valence-electron chi connectivity index (χ1n) is 4.22. The van der Waals surface area contributed by atoms with E-state index in [1.807, 2.05) is 12.1 Å². The van der Waals surface area contributed by atoms with Crippen LogP contribution in [0.15, 0.2) is 35.3 Å². The van der Waals surface area contributed by atoms with E-state index >= 15 is 0 Å². The lowest BCUT2D eigenvalue weighted by Crippen LogP contribution is -2.01. The summed E-state index contributed by atoms with van der Waals surface area (Å²) in [5, 5.41) is 0.410. The molecule has 2 heterocycles. The maximum Gasteiger partial charge on any atom is 0.155 e. The van der Waals surface area contributed by atoms with Gasteiger partial charge in [-0.3, -0.25) is 4.98 Å². The number of aliphatic imine (C=N–C) groups is 1. The molecule has 3 nitrogen and oxygen atoms in total. The first-order chi connectivity index (χ1) is 6.81. The lowest BCUT2D eigenvalue weighted by molar-refractivity contribution is 0.282. The predicted octanol–water partition coefficient (Wildman–Crippen LogP) is 2.11. The van der Waals surface area contributed by atoms with E-state index in [4.69, 9.17) is 16.3 Å². The average molecular weight is 209 g/mol. The second-order valence-electron chi connectivity index (χ2n) is 2.91. The Hall–Kier alpha value is -1.35. The fourth-order valence-corrected chi connectivity index (χ4v) is 1.53. The zero-order valence-corrected chi connectivity index (χ0v) is 8.45. The summed E-state index contributed by atoms with van der Waals surface area (Å²) >= 11 is 5.96. The summed E-state index contributed by atoms with van der Waals surface area (Å²) in [7, 11) is 1.62. The molecule has 0 spiro atoms. The summed E-state index contributed by atoms with van der Waals surface area (Å²) < 4.78 is 5.14. The number of allylic oxidation sites excluding steroid dienone is 1. The van der Waals surface area contributed by atoms with Crippen LogP contribution in [0, 0.1) is 0 Å². The second kappa shape index (κ2) is 3.80. The fraction of sp³-hybridized carbons (Fsp3) is 0.200. The predicted molar refractivity (Wildman–Crippen MR) is 55.4 cm³/mol. The molecule has 72 valence electrons. The summed E-state index contributed by atoms with van der Waals surface area (Å²) in [6.07, 6.45) is 4.01. The number of hydrogen-bond donors (Lipinski definition) is 0. The Morgan fingerprint density at radius 1 is 1.50 bits per heavy atom. The second-order valence-corrected chi connectivity index (χ2v) is 3.27. The van der Waals surface area contributed by atoms with Crippen molar-refractivity contribution in [3.8, 4) is 0 Å². The molecule has 0 aromatic carbocycles. The molecular formula is C10H9ClN2O. The van der Waals surface area contributed by atoms with E-state index < -0.39 is 0 Å². The zero-order chi connectivity index (χ0) is 9.97. The van der Waals surface area contributed by atoms with Crippen LogP contribution in [0.1, 0.15) is 11.3 Å². The first kappa shape index (κ1) is 9.21. The Labute approximate surface area is 87.1 Å². The highest BCUT2D eigenvalue weighted by atomic mass is 35.5. The van der Waals surface area contributed by atoms with Gasteiger partial charge in [-0.15, -0.1) is 0 Å². The zero-order valence-electron chi connectivity index (χ0n) is 7.70. The lowest BCUT2D eigenvalue weighted by Gasteiger charge is -2.05. The van der Waals surface area contributed by atoms with Gasteiger partial charge in [-0.25, -0.2) is 4.99 Å². The van der Waals surface area contributed by atoms with Gasteiger partial charge in [0.2, 0.25) is 0 Å². The summed E-state index contributed by atoms with van der Waals surface area (Å²) in [6.45, 7) is 0. The van der Waals surface area contributed by atoms with E-state index in [2.05, 4.69) is 9.98 Å². The van der Waals surface area contributed by atoms with Crippen molar-refractivity contribution in [1.82, 2.24) is 4.98 Å². The minimum absolute atomic E-state index is 0.410. The Balaban J connectivity index is 2.49. The number of fused-ring (bicyclic) bond motifs is 1. The molecule has 0 atom stereocenters. The van der Waals surface area contributed by atoms with Gasteiger partial charge in [0, 0.05) is 12.6 Å². The van der Waals surface area contributed by atoms with Crippen LogP contribution < -0.4 is 0 Å². The molecule has 1 aromatic heterocycles. The fourth-order valence-electron chi connectivity index (χ4n) is 1.32. The minimum atomic E-state index is 0.410. The van der Waals surface area contributed by atoms with Crippen molar-refractivity contribution in [3.63, 3.8) is 0 Å². The normalized spacial score (nSPS) is 15.0. The van der Waals surface area contributed by atoms with Crippen LogP contribution >= 0.6 is 11.6 Å². The number of methoxy groups -OCH3 is 1. The molecule has 0 amide bonds. The molecular weight excluding hydrogens is 200 g/mol. The molecule has 1 aliphatic heterocycles. The Morgan fingerprint density at radius 2 is 2.36 bits per heavy atom. The van der Waals surface area contributed by atoms with Gasteiger partial charge in [0.1, 0.15) is 11.5 Å². The monoisotopic (exact) mass is 208 g/mol. The van der Waals surface area contributed by atoms with E-state index in [9.17, 15) is 0 Å². The summed E-state index contributed by atoms with van der Waals surface area (Å²) in [4.78, 5) is 8.23. The molecule has 0 radical (unpaired) electrons. The van der Waals surface area contributed by atoms with Gasteiger partial charge in [0.25, 0.3) is 0 Å². The van der Waals surface area contributed by atoms with Gasteiger partial charge in [0.15, 0.2) is 5.17 Å². The molecule has 0 aliphatic carbocycles. The summed E-state index contributed by atoms with van der Waals surface area (Å²) in [5.74, 6) is 0.787. The molecule has 0 bridgehead atoms. The van der Waals surface area contributed by atoms with Gasteiger partial charge >= 0.3 is 0 Å². The molecule has 14 heavy (non-hydrogen) atoms. The van der Waals surface area contributed by atoms with Crippen LogP contribution in [0.4, 0.5) is 0 Å². The van der Waals surface area contributed by atoms with Gasteiger partial charge in [-0.2, -0.15) is 0 Å². The molecule has 1 aromatic rings. The van der Waals surface area contributed by atoms with Gasteiger partial charge < -0.3 is 4.74 Å². The molecule has 1 aliphatic rings. The van der Waals surface area contributed by atoms with Crippen LogP contribution in [0.2, 0.25) is 0 Å². The third-order valence-electron chi connectivity index (χ3n) is 2.04. The maximum atomic E-state index is 5.96. The van der Waals surface area contributed by atoms with E-state index in [0.717, 1.165) is 17.0 Å². The quantitative estimate of drug-likeness (QED) is 0.709. The van der Waals surface area contributed by atoms with E-state index in [0.29, 0.717) is 11.6 Å². The van der Waals surface area contributed by atoms with Crippen molar-refractivity contribution in [2.75, 3.05) is 7.11 Å². The van der Waals surface area contributed by atoms with Crippen molar-refractivity contribution in [2.45, 2.75) is 6.42 Å². The Morgan fingerprint density at radius 3 is 3.14 bits per heavy atom. The lowest BCUT2D eigenvalue weighted by atomic mass is 10.1. The minimum Gasteiger partial charge on any atom is -0.499 e. The number of aromatic nitrogens is 1. The molecule has 0 saturated carbocycles. The van der Waals surface area contributed by atoms with Crippen molar-refractivity contribution in [2.24, 2.45) is 4.99 Å². The van der Waals surface area contributed by atoms with Crippen LogP contribution in [0.5, 0.6) is 0 Å². The van der Waals surface area contributed by atoms with Gasteiger partial charge in [0.05, 0.1) is 13.3 Å². The van der Waals surface area contributed by atoms with Gasteiger partial charge in [-0.05, 0) is 11.6 Å². The van der Waals surface area contributed by atoms with Gasteiger partial charge in [-0.1, -0.05) is 17.7 Å². The van der Waals surface area contributed by atoms with Crippen molar-refractivity contribution in [1.29, 1.82) is 0 Å². The van der Waals surface area contributed by atoms with Crippen LogP contribution in [-0.4, -0.2) is 17.3 Å². The van der Waals surface area contributed by atoms with Crippen LogP contribution in [-0.2, 0) is 11.2 Å². The number of ether oxygens (including phenoxy) is 1. The highest BCUT2D eigenvalue weighted by Crippen LogP contribution is 2.18. The van der Waals surface area contributed by atoms with Crippen molar-refractivity contribution < 1.29 is 4.74 Å². The molecule has 4 heteroatoms. The van der Waals surface area contributed by atoms with Crippen LogP contribution in [0.3, 0.4) is 0 Å². The Bertz CT molecular complexity index is 412. The number of rotatable bonds is 1. The molecule has 0 unspecified atom stereocenters. The summed E-state index contributed by atoms with van der Waals surface area (Å²) in [5.41, 5.74) is 1.77. The number of halogens is 1. The van der Waals surface area contributed by atoms with Crippen molar-refractivity contribution in [3.05, 3.63) is 41.5 Å².